The van der Waals surface area contributed by atoms with Crippen LogP contribution in [0.2, 0.25) is 0 Å². The number of nitrogens with one attached hydrogen (secondary N) is 1. The number of carbonyl (C=O) groups excluding carboxylic acids is 2. The van der Waals surface area contributed by atoms with Crippen molar-refractivity contribution < 1.29 is 14.0 Å². The number of halogens is 1. The minimum Gasteiger partial charge on any atom is -0.349 e. The average Bonchev–Trinajstić information content (AvgIpc) is 3.60. The van der Waals surface area contributed by atoms with Crippen molar-refractivity contribution in [2.24, 2.45) is 0 Å². The van der Waals surface area contributed by atoms with Gasteiger partial charge in [-0.2, -0.15) is 0 Å². The first-order chi connectivity index (χ1) is 13.6. The first-order valence-corrected chi connectivity index (χ1v) is 9.73. The predicted molar refractivity (Wildman–Crippen MR) is 106 cm³/mol. The average molecular weight is 378 g/mol. The van der Waals surface area contributed by atoms with Gasteiger partial charge in [0.2, 0.25) is 5.91 Å². The second kappa shape index (κ2) is 7.97. The quantitative estimate of drug-likeness (QED) is 0.743. The fraction of sp³-hybridized carbons (Fsp3) is 0.304. The summed E-state index contributed by atoms with van der Waals surface area (Å²) >= 11 is 0. The SMILES string of the molecule is O=C(NC1CC1)c1ccc(/C=C/C(=O)N(Cc2ccccc2F)C2CC2)cc1. The number of carbonyl (C=O) groups is 2. The van der Waals surface area contributed by atoms with E-state index in [0.29, 0.717) is 17.2 Å². The Labute approximate surface area is 164 Å². The molecule has 0 aliphatic heterocycles. The first kappa shape index (κ1) is 18.4. The highest BCUT2D eigenvalue weighted by Crippen LogP contribution is 2.29. The van der Waals surface area contributed by atoms with E-state index in [9.17, 15) is 14.0 Å². The van der Waals surface area contributed by atoms with Gasteiger partial charge in [0.1, 0.15) is 5.82 Å². The number of hydrogen-bond donors (Lipinski definition) is 1. The molecule has 0 aromatic heterocycles. The topological polar surface area (TPSA) is 49.4 Å². The minimum atomic E-state index is -0.287. The molecule has 0 saturated heterocycles. The zero-order chi connectivity index (χ0) is 19.5. The summed E-state index contributed by atoms with van der Waals surface area (Å²) < 4.78 is 13.9. The molecule has 28 heavy (non-hydrogen) atoms. The van der Waals surface area contributed by atoms with Crippen molar-refractivity contribution in [2.75, 3.05) is 0 Å². The third-order valence-corrected chi connectivity index (χ3v) is 5.07. The van der Waals surface area contributed by atoms with Crippen LogP contribution < -0.4 is 5.32 Å². The predicted octanol–water partition coefficient (Wildman–Crippen LogP) is 3.92. The van der Waals surface area contributed by atoms with E-state index in [1.54, 1.807) is 41.3 Å². The standard InChI is InChI=1S/C23H23FN2O2/c24-21-4-2-1-3-18(21)15-26(20-12-13-20)22(27)14-7-16-5-8-17(9-6-16)23(28)25-19-10-11-19/h1-9,14,19-20H,10-13,15H2,(H,25,28)/b14-7+. The molecule has 0 radical (unpaired) electrons. The van der Waals surface area contributed by atoms with E-state index in [-0.39, 0.29) is 30.2 Å². The molecule has 2 fully saturated rings. The highest BCUT2D eigenvalue weighted by Gasteiger charge is 2.32. The Morgan fingerprint density at radius 3 is 2.39 bits per heavy atom. The molecule has 0 heterocycles. The number of hydrogen-bond acceptors (Lipinski definition) is 2. The number of amides is 2. The van der Waals surface area contributed by atoms with Crippen molar-refractivity contribution >= 4 is 17.9 Å². The maximum absolute atomic E-state index is 13.9. The minimum absolute atomic E-state index is 0.0566. The van der Waals surface area contributed by atoms with Crippen LogP contribution in [0.5, 0.6) is 0 Å². The van der Waals surface area contributed by atoms with E-state index in [1.807, 2.05) is 12.1 Å². The molecule has 5 heteroatoms. The number of nitrogens with zero attached hydrogens (tertiary/aromatic N) is 1. The van der Waals surface area contributed by atoms with Gasteiger partial charge >= 0.3 is 0 Å². The molecular formula is C23H23FN2O2. The third kappa shape index (κ3) is 4.66. The summed E-state index contributed by atoms with van der Waals surface area (Å²) in [6.45, 7) is 0.279. The number of rotatable bonds is 7. The van der Waals surface area contributed by atoms with Gasteiger partial charge in [0.25, 0.3) is 5.91 Å². The first-order valence-electron chi connectivity index (χ1n) is 9.73. The van der Waals surface area contributed by atoms with Crippen LogP contribution in [0.1, 0.15) is 47.2 Å². The molecule has 4 rings (SSSR count). The lowest BCUT2D eigenvalue weighted by Crippen LogP contribution is -2.31. The second-order valence-corrected chi connectivity index (χ2v) is 7.49. The van der Waals surface area contributed by atoms with Gasteiger partial charge in [-0.05, 0) is 55.5 Å². The Morgan fingerprint density at radius 1 is 1.04 bits per heavy atom. The third-order valence-electron chi connectivity index (χ3n) is 5.07. The summed E-state index contributed by atoms with van der Waals surface area (Å²) in [5.41, 5.74) is 2.00. The Kier molecular flexibility index (Phi) is 5.24. The van der Waals surface area contributed by atoms with E-state index in [1.165, 1.54) is 12.1 Å². The van der Waals surface area contributed by atoms with Crippen molar-refractivity contribution in [3.05, 3.63) is 77.1 Å². The van der Waals surface area contributed by atoms with Crippen LogP contribution in [0, 0.1) is 5.82 Å². The van der Waals surface area contributed by atoms with Crippen molar-refractivity contribution in [1.29, 1.82) is 0 Å². The fourth-order valence-corrected chi connectivity index (χ4v) is 3.09. The molecule has 2 amide bonds. The monoisotopic (exact) mass is 378 g/mol. The fourth-order valence-electron chi connectivity index (χ4n) is 3.09. The van der Waals surface area contributed by atoms with Crippen LogP contribution in [-0.2, 0) is 11.3 Å². The maximum Gasteiger partial charge on any atom is 0.251 e. The Bertz CT molecular complexity index is 899. The van der Waals surface area contributed by atoms with Gasteiger partial charge in [0, 0.05) is 35.8 Å². The summed E-state index contributed by atoms with van der Waals surface area (Å²) in [5, 5.41) is 2.95. The van der Waals surface area contributed by atoms with E-state index in [2.05, 4.69) is 5.32 Å². The summed E-state index contributed by atoms with van der Waals surface area (Å²) in [6.07, 6.45) is 7.29. The largest absolute Gasteiger partial charge is 0.349 e. The van der Waals surface area contributed by atoms with Crippen molar-refractivity contribution in [3.8, 4) is 0 Å². The maximum atomic E-state index is 13.9. The van der Waals surface area contributed by atoms with Gasteiger partial charge in [-0.25, -0.2) is 4.39 Å². The lowest BCUT2D eigenvalue weighted by atomic mass is 10.1. The molecule has 0 unspecified atom stereocenters. The van der Waals surface area contributed by atoms with Gasteiger partial charge in [0.05, 0.1) is 0 Å². The highest BCUT2D eigenvalue weighted by molar-refractivity contribution is 5.95. The number of benzene rings is 2. The van der Waals surface area contributed by atoms with Gasteiger partial charge < -0.3 is 10.2 Å². The zero-order valence-corrected chi connectivity index (χ0v) is 15.6. The summed E-state index contributed by atoms with van der Waals surface area (Å²) in [5.74, 6) is -0.467. The summed E-state index contributed by atoms with van der Waals surface area (Å²) in [7, 11) is 0. The van der Waals surface area contributed by atoms with Gasteiger partial charge in [-0.1, -0.05) is 30.3 Å². The lowest BCUT2D eigenvalue weighted by molar-refractivity contribution is -0.127. The van der Waals surface area contributed by atoms with E-state index < -0.39 is 0 Å². The van der Waals surface area contributed by atoms with Gasteiger partial charge in [0.15, 0.2) is 0 Å². The zero-order valence-electron chi connectivity index (χ0n) is 15.6. The van der Waals surface area contributed by atoms with Crippen LogP contribution in [-0.4, -0.2) is 28.8 Å². The smallest absolute Gasteiger partial charge is 0.251 e. The van der Waals surface area contributed by atoms with Gasteiger partial charge in [-0.15, -0.1) is 0 Å². The molecule has 0 bridgehead atoms. The molecule has 144 valence electrons. The Hall–Kier alpha value is -2.95. The van der Waals surface area contributed by atoms with Crippen molar-refractivity contribution in [3.63, 3.8) is 0 Å². The van der Waals surface area contributed by atoms with Crippen molar-refractivity contribution in [2.45, 2.75) is 44.3 Å². The molecular weight excluding hydrogens is 355 g/mol. The molecule has 2 aliphatic rings. The van der Waals surface area contributed by atoms with Crippen LogP contribution in [0.15, 0.2) is 54.6 Å². The second-order valence-electron chi connectivity index (χ2n) is 7.49. The van der Waals surface area contributed by atoms with E-state index in [0.717, 1.165) is 31.2 Å². The normalized spacial score (nSPS) is 16.2. The molecule has 0 spiro atoms. The Balaban J connectivity index is 1.40. The molecule has 1 N–H and O–H groups in total. The van der Waals surface area contributed by atoms with E-state index in [4.69, 9.17) is 0 Å². The molecule has 2 aromatic carbocycles. The molecule has 4 nitrogen and oxygen atoms in total. The van der Waals surface area contributed by atoms with Gasteiger partial charge in [-0.3, -0.25) is 9.59 Å². The van der Waals surface area contributed by atoms with Crippen LogP contribution >= 0.6 is 0 Å². The van der Waals surface area contributed by atoms with Crippen LogP contribution in [0.25, 0.3) is 6.08 Å². The van der Waals surface area contributed by atoms with E-state index >= 15 is 0 Å². The summed E-state index contributed by atoms with van der Waals surface area (Å²) in [6, 6.07) is 14.3. The lowest BCUT2D eigenvalue weighted by Gasteiger charge is -2.21. The molecule has 0 atom stereocenters. The van der Waals surface area contributed by atoms with Crippen molar-refractivity contribution in [1.82, 2.24) is 10.2 Å². The van der Waals surface area contributed by atoms with Crippen LogP contribution in [0.4, 0.5) is 4.39 Å². The molecule has 2 saturated carbocycles. The Morgan fingerprint density at radius 2 is 1.75 bits per heavy atom. The summed E-state index contributed by atoms with van der Waals surface area (Å²) in [4.78, 5) is 26.4. The molecule has 2 aromatic rings. The highest BCUT2D eigenvalue weighted by atomic mass is 19.1. The molecule has 2 aliphatic carbocycles. The van der Waals surface area contributed by atoms with Crippen LogP contribution in [0.3, 0.4) is 0 Å².